The van der Waals surface area contributed by atoms with Crippen LogP contribution in [0.2, 0.25) is 0 Å². The van der Waals surface area contributed by atoms with Crippen LogP contribution in [0.1, 0.15) is 27.2 Å². The summed E-state index contributed by atoms with van der Waals surface area (Å²) in [6.45, 7) is 5.36. The van der Waals surface area contributed by atoms with Crippen molar-refractivity contribution in [3.8, 4) is 0 Å². The van der Waals surface area contributed by atoms with Crippen molar-refractivity contribution in [3.63, 3.8) is 0 Å². The van der Waals surface area contributed by atoms with Crippen LogP contribution in [0.3, 0.4) is 0 Å². The van der Waals surface area contributed by atoms with Gasteiger partial charge in [0, 0.05) is 12.5 Å². The Morgan fingerprint density at radius 1 is 1.04 bits per heavy atom. The van der Waals surface area contributed by atoms with E-state index in [4.69, 9.17) is 5.11 Å². The lowest BCUT2D eigenvalue weighted by molar-refractivity contribution is -0.134. The number of hydrogen-bond acceptors (Lipinski definition) is 5. The summed E-state index contributed by atoms with van der Waals surface area (Å²) < 4.78 is 4.52. The van der Waals surface area contributed by atoms with Gasteiger partial charge in [0.05, 0.1) is 25.4 Å². The molecule has 0 saturated heterocycles. The van der Waals surface area contributed by atoms with Gasteiger partial charge in [-0.05, 0) is 20.8 Å². The normalized spacial score (nSPS) is 17.6. The Hall–Kier alpha value is -1.95. The molecule has 0 amide bonds. The van der Waals surface area contributed by atoms with Gasteiger partial charge in [-0.1, -0.05) is 53.7 Å². The Kier molecular flexibility index (Phi) is 11.5. The van der Waals surface area contributed by atoms with Crippen molar-refractivity contribution in [3.05, 3.63) is 59.8 Å². The zero-order valence-electron chi connectivity index (χ0n) is 14.7. The van der Waals surface area contributed by atoms with Crippen LogP contribution >= 0.6 is 0 Å². The summed E-state index contributed by atoms with van der Waals surface area (Å²) in [5.41, 5.74) is 1.90. The number of esters is 1. The van der Waals surface area contributed by atoms with E-state index >= 15 is 0 Å². The number of aliphatic hydroxyl groups is 3. The van der Waals surface area contributed by atoms with E-state index in [0.717, 1.165) is 11.1 Å². The maximum Gasteiger partial charge on any atom is 0.330 e. The van der Waals surface area contributed by atoms with Crippen LogP contribution in [0.25, 0.3) is 0 Å². The first-order valence-electron chi connectivity index (χ1n) is 7.76. The molecule has 0 aromatic heterocycles. The van der Waals surface area contributed by atoms with E-state index in [1.807, 2.05) is 26.0 Å². The van der Waals surface area contributed by atoms with Crippen LogP contribution in [0.5, 0.6) is 0 Å². The molecule has 0 saturated carbocycles. The standard InChI is InChI=1S/C19H28O5/c1-14(12-15(2)10-11-19(23)24-4)8-6-5-7-9-17(21)18(22)13-16(3)20/h5-12,16-18,20-22H,13H2,1-4H3/t16-,17-,18-/m0/s1. The summed E-state index contributed by atoms with van der Waals surface area (Å²) in [6.07, 6.45) is 10.9. The van der Waals surface area contributed by atoms with Gasteiger partial charge in [-0.3, -0.25) is 0 Å². The Morgan fingerprint density at radius 2 is 1.71 bits per heavy atom. The molecule has 0 bridgehead atoms. The number of methoxy groups -OCH3 is 1. The minimum absolute atomic E-state index is 0.122. The predicted molar refractivity (Wildman–Crippen MR) is 95.3 cm³/mol. The molecule has 24 heavy (non-hydrogen) atoms. The van der Waals surface area contributed by atoms with Gasteiger partial charge in [0.25, 0.3) is 0 Å². The fourth-order valence-electron chi connectivity index (χ4n) is 1.79. The minimum Gasteiger partial charge on any atom is -0.466 e. The highest BCUT2D eigenvalue weighted by Crippen LogP contribution is 2.05. The number of rotatable bonds is 9. The van der Waals surface area contributed by atoms with E-state index in [9.17, 15) is 15.0 Å². The van der Waals surface area contributed by atoms with E-state index in [2.05, 4.69) is 4.74 Å². The second-order valence-electron chi connectivity index (χ2n) is 5.57. The van der Waals surface area contributed by atoms with Crippen LogP contribution in [0.4, 0.5) is 0 Å². The Bertz CT molecular complexity index is 524. The van der Waals surface area contributed by atoms with E-state index in [1.165, 1.54) is 19.3 Å². The average molecular weight is 336 g/mol. The van der Waals surface area contributed by atoms with Gasteiger partial charge < -0.3 is 20.1 Å². The third-order valence-electron chi connectivity index (χ3n) is 3.01. The smallest absolute Gasteiger partial charge is 0.330 e. The summed E-state index contributed by atoms with van der Waals surface area (Å²) >= 11 is 0. The highest BCUT2D eigenvalue weighted by molar-refractivity contribution is 5.82. The van der Waals surface area contributed by atoms with Crippen molar-refractivity contribution in [2.75, 3.05) is 7.11 Å². The second-order valence-corrected chi connectivity index (χ2v) is 5.57. The molecule has 0 aliphatic heterocycles. The first kappa shape index (κ1) is 22.1. The fourth-order valence-corrected chi connectivity index (χ4v) is 1.79. The molecule has 0 radical (unpaired) electrons. The average Bonchev–Trinajstić information content (AvgIpc) is 2.51. The third kappa shape index (κ3) is 11.6. The number of ether oxygens (including phenoxy) is 1. The zero-order chi connectivity index (χ0) is 18.5. The lowest BCUT2D eigenvalue weighted by atomic mass is 10.1. The number of allylic oxidation sites excluding steroid dienone is 8. The zero-order valence-corrected chi connectivity index (χ0v) is 14.7. The monoisotopic (exact) mass is 336 g/mol. The lowest BCUT2D eigenvalue weighted by Crippen LogP contribution is -2.27. The van der Waals surface area contributed by atoms with Crippen molar-refractivity contribution in [1.29, 1.82) is 0 Å². The highest BCUT2D eigenvalue weighted by atomic mass is 16.5. The first-order chi connectivity index (χ1) is 11.3. The second kappa shape index (κ2) is 12.5. The molecular weight excluding hydrogens is 308 g/mol. The molecule has 0 aromatic rings. The molecule has 0 spiro atoms. The third-order valence-corrected chi connectivity index (χ3v) is 3.01. The highest BCUT2D eigenvalue weighted by Gasteiger charge is 2.14. The van der Waals surface area contributed by atoms with Gasteiger partial charge in [0.2, 0.25) is 0 Å². The molecule has 0 rings (SSSR count). The maximum absolute atomic E-state index is 11.0. The molecule has 0 aromatic carbocycles. The van der Waals surface area contributed by atoms with E-state index in [-0.39, 0.29) is 6.42 Å². The van der Waals surface area contributed by atoms with Gasteiger partial charge in [-0.25, -0.2) is 4.79 Å². The van der Waals surface area contributed by atoms with Crippen LogP contribution < -0.4 is 0 Å². The van der Waals surface area contributed by atoms with Gasteiger partial charge in [-0.2, -0.15) is 0 Å². The number of aliphatic hydroxyl groups excluding tert-OH is 3. The van der Waals surface area contributed by atoms with E-state index in [1.54, 1.807) is 31.2 Å². The molecule has 0 heterocycles. The molecular formula is C19H28O5. The first-order valence-corrected chi connectivity index (χ1v) is 7.76. The Morgan fingerprint density at radius 3 is 2.29 bits per heavy atom. The molecule has 0 unspecified atom stereocenters. The maximum atomic E-state index is 11.0. The van der Waals surface area contributed by atoms with Gasteiger partial charge in [0.15, 0.2) is 0 Å². The molecule has 3 N–H and O–H groups in total. The van der Waals surface area contributed by atoms with Crippen LogP contribution in [-0.2, 0) is 9.53 Å². The molecule has 0 aliphatic rings. The summed E-state index contributed by atoms with van der Waals surface area (Å²) in [6, 6.07) is 0. The summed E-state index contributed by atoms with van der Waals surface area (Å²) in [5, 5.41) is 28.4. The van der Waals surface area contributed by atoms with Crippen molar-refractivity contribution in [1.82, 2.24) is 0 Å². The minimum atomic E-state index is -1.01. The van der Waals surface area contributed by atoms with Crippen LogP contribution in [0, 0.1) is 0 Å². The SMILES string of the molecule is COC(=O)C=CC(C)=CC(C)=CC=CC=C[C@H](O)[C@@H](O)C[C@H](C)O. The van der Waals surface area contributed by atoms with Crippen LogP contribution in [-0.4, -0.2) is 46.7 Å². The molecule has 134 valence electrons. The number of hydrogen-bond donors (Lipinski definition) is 3. The summed E-state index contributed by atoms with van der Waals surface area (Å²) in [4.78, 5) is 11.0. The molecule has 5 nitrogen and oxygen atoms in total. The largest absolute Gasteiger partial charge is 0.466 e. The topological polar surface area (TPSA) is 87.0 Å². The molecule has 0 aliphatic carbocycles. The van der Waals surface area contributed by atoms with Crippen molar-refractivity contribution in [2.45, 2.75) is 45.5 Å². The Balaban J connectivity index is 4.50. The molecule has 3 atom stereocenters. The fraction of sp³-hybridized carbons (Fsp3) is 0.421. The Labute approximate surface area is 144 Å². The van der Waals surface area contributed by atoms with Crippen LogP contribution in [0.15, 0.2) is 59.8 Å². The quantitative estimate of drug-likeness (QED) is 0.341. The number of carbonyl (C=O) groups is 1. The molecule has 5 heteroatoms. The van der Waals surface area contributed by atoms with E-state index < -0.39 is 24.3 Å². The van der Waals surface area contributed by atoms with Gasteiger partial charge in [0.1, 0.15) is 0 Å². The number of carbonyl (C=O) groups excluding carboxylic acids is 1. The van der Waals surface area contributed by atoms with Gasteiger partial charge in [-0.15, -0.1) is 0 Å². The predicted octanol–water partition coefficient (Wildman–Crippen LogP) is 2.21. The van der Waals surface area contributed by atoms with Gasteiger partial charge >= 0.3 is 5.97 Å². The summed E-state index contributed by atoms with van der Waals surface area (Å²) in [5.74, 6) is -0.397. The summed E-state index contributed by atoms with van der Waals surface area (Å²) in [7, 11) is 1.33. The van der Waals surface area contributed by atoms with Crippen molar-refractivity contribution < 1.29 is 24.9 Å². The lowest BCUT2D eigenvalue weighted by Gasteiger charge is -2.15. The molecule has 0 fully saturated rings. The van der Waals surface area contributed by atoms with Crippen molar-refractivity contribution >= 4 is 5.97 Å². The van der Waals surface area contributed by atoms with E-state index in [0.29, 0.717) is 0 Å². The van der Waals surface area contributed by atoms with Crippen molar-refractivity contribution in [2.24, 2.45) is 0 Å².